The lowest BCUT2D eigenvalue weighted by molar-refractivity contribution is 0.685. The van der Waals surface area contributed by atoms with E-state index in [0.717, 1.165) is 12.0 Å². The minimum atomic E-state index is -0.424. The van der Waals surface area contributed by atoms with Crippen molar-refractivity contribution in [3.05, 3.63) is 71.3 Å². The average Bonchev–Trinajstić information content (AvgIpc) is 2.40. The summed E-state index contributed by atoms with van der Waals surface area (Å²) in [7, 11) is 0. The van der Waals surface area contributed by atoms with E-state index >= 15 is 0 Å². The van der Waals surface area contributed by atoms with Crippen molar-refractivity contribution in [3.63, 3.8) is 0 Å². The minimum absolute atomic E-state index is 0.424. The van der Waals surface area contributed by atoms with Gasteiger partial charge in [0.1, 0.15) is 0 Å². The van der Waals surface area contributed by atoms with E-state index in [1.807, 2.05) is 32.0 Å². The largest absolute Gasteiger partial charge is 0.197 e. The fourth-order valence-electron chi connectivity index (χ4n) is 1.97. The molecular formula is C17H17N. The maximum atomic E-state index is 9.18. The van der Waals surface area contributed by atoms with Crippen LogP contribution >= 0.6 is 0 Å². The fraction of sp³-hybridized carbons (Fsp3) is 0.235. The first-order chi connectivity index (χ1) is 8.62. The highest BCUT2D eigenvalue weighted by atomic mass is 14.3. The highest BCUT2D eigenvalue weighted by Crippen LogP contribution is 2.23. The van der Waals surface area contributed by atoms with Crippen LogP contribution in [0.1, 0.15) is 30.5 Å². The Balaban J connectivity index is 2.27. The molecule has 0 bridgehead atoms. The van der Waals surface area contributed by atoms with E-state index in [1.54, 1.807) is 0 Å². The Hall–Kier alpha value is -2.07. The summed E-state index contributed by atoms with van der Waals surface area (Å²) in [6.07, 6.45) is 0.913. The number of nitriles is 1. The second-order valence-corrected chi connectivity index (χ2v) is 5.10. The molecule has 0 N–H and O–H groups in total. The normalized spacial score (nSPS) is 10.9. The molecule has 0 atom stereocenters. The molecule has 0 fully saturated rings. The van der Waals surface area contributed by atoms with Crippen molar-refractivity contribution in [2.45, 2.75) is 25.7 Å². The van der Waals surface area contributed by atoms with Gasteiger partial charge in [-0.2, -0.15) is 5.26 Å². The fourth-order valence-corrected chi connectivity index (χ4v) is 1.97. The highest BCUT2D eigenvalue weighted by Gasteiger charge is 2.19. The van der Waals surface area contributed by atoms with Crippen LogP contribution in [0, 0.1) is 11.3 Å². The predicted octanol–water partition coefficient (Wildman–Crippen LogP) is 4.08. The molecule has 90 valence electrons. The number of nitrogens with zero attached hydrogens (tertiary/aromatic N) is 1. The zero-order valence-electron chi connectivity index (χ0n) is 10.9. The Kier molecular flexibility index (Phi) is 3.48. The summed E-state index contributed by atoms with van der Waals surface area (Å²) in [6.45, 7) is 3.91. The smallest absolute Gasteiger partial charge is 0.0766 e. The first-order valence-corrected chi connectivity index (χ1v) is 6.16. The Morgan fingerprint density at radius 1 is 0.944 bits per heavy atom. The summed E-state index contributed by atoms with van der Waals surface area (Å²) in [5.74, 6) is 0. The molecule has 2 aromatic rings. The van der Waals surface area contributed by atoms with E-state index < -0.39 is 5.41 Å². The van der Waals surface area contributed by atoms with Gasteiger partial charge in [-0.05, 0) is 37.0 Å². The summed E-state index contributed by atoms with van der Waals surface area (Å²) >= 11 is 0. The van der Waals surface area contributed by atoms with Crippen LogP contribution in [-0.2, 0) is 11.8 Å². The lowest BCUT2D eigenvalue weighted by Gasteiger charge is -2.16. The molecule has 0 aliphatic heterocycles. The van der Waals surface area contributed by atoms with Gasteiger partial charge in [0.15, 0.2) is 0 Å². The predicted molar refractivity (Wildman–Crippen MR) is 74.3 cm³/mol. The highest BCUT2D eigenvalue weighted by molar-refractivity contribution is 5.36. The van der Waals surface area contributed by atoms with Crippen molar-refractivity contribution in [2.24, 2.45) is 0 Å². The Labute approximate surface area is 109 Å². The molecule has 2 rings (SSSR count). The number of benzene rings is 2. The van der Waals surface area contributed by atoms with Crippen molar-refractivity contribution >= 4 is 0 Å². The summed E-state index contributed by atoms with van der Waals surface area (Å²) < 4.78 is 0. The molecule has 0 spiro atoms. The number of hydrogen-bond donors (Lipinski definition) is 0. The maximum absolute atomic E-state index is 9.18. The number of hydrogen-bond acceptors (Lipinski definition) is 1. The zero-order chi connectivity index (χ0) is 13.0. The van der Waals surface area contributed by atoms with Gasteiger partial charge in [0.25, 0.3) is 0 Å². The van der Waals surface area contributed by atoms with Gasteiger partial charge in [0, 0.05) is 0 Å². The second kappa shape index (κ2) is 5.06. The third-order valence-corrected chi connectivity index (χ3v) is 3.18. The minimum Gasteiger partial charge on any atom is -0.197 e. The molecule has 0 saturated heterocycles. The summed E-state index contributed by atoms with van der Waals surface area (Å²) in [4.78, 5) is 0. The third kappa shape index (κ3) is 2.78. The summed E-state index contributed by atoms with van der Waals surface area (Å²) in [6, 6.07) is 21.0. The first-order valence-electron chi connectivity index (χ1n) is 6.16. The number of rotatable bonds is 3. The van der Waals surface area contributed by atoms with E-state index in [0.29, 0.717) is 0 Å². The van der Waals surface area contributed by atoms with E-state index in [-0.39, 0.29) is 0 Å². The monoisotopic (exact) mass is 235 g/mol. The molecule has 2 aromatic carbocycles. The quantitative estimate of drug-likeness (QED) is 0.786. The molecule has 0 radical (unpaired) electrons. The molecule has 0 amide bonds. The molecule has 0 aromatic heterocycles. The van der Waals surface area contributed by atoms with Crippen molar-refractivity contribution in [1.29, 1.82) is 5.26 Å². The SMILES string of the molecule is CC(C)(C#N)c1cccc(Cc2ccccc2)c1. The second-order valence-electron chi connectivity index (χ2n) is 5.10. The van der Waals surface area contributed by atoms with Crippen LogP contribution in [0.25, 0.3) is 0 Å². The van der Waals surface area contributed by atoms with Gasteiger partial charge in [-0.25, -0.2) is 0 Å². The van der Waals surface area contributed by atoms with Gasteiger partial charge >= 0.3 is 0 Å². The molecule has 18 heavy (non-hydrogen) atoms. The van der Waals surface area contributed by atoms with E-state index in [1.165, 1.54) is 11.1 Å². The molecule has 0 heterocycles. The van der Waals surface area contributed by atoms with Crippen LogP contribution in [0.2, 0.25) is 0 Å². The van der Waals surface area contributed by atoms with Crippen LogP contribution in [0.5, 0.6) is 0 Å². The molecule has 0 aliphatic rings. The van der Waals surface area contributed by atoms with Crippen molar-refractivity contribution in [3.8, 4) is 6.07 Å². The van der Waals surface area contributed by atoms with Gasteiger partial charge in [-0.3, -0.25) is 0 Å². The van der Waals surface area contributed by atoms with Crippen molar-refractivity contribution in [1.82, 2.24) is 0 Å². The third-order valence-electron chi connectivity index (χ3n) is 3.18. The van der Waals surface area contributed by atoms with E-state index in [9.17, 15) is 5.26 Å². The van der Waals surface area contributed by atoms with Gasteiger partial charge in [0.2, 0.25) is 0 Å². The Morgan fingerprint density at radius 3 is 2.28 bits per heavy atom. The zero-order valence-corrected chi connectivity index (χ0v) is 10.9. The molecule has 0 saturated carbocycles. The lowest BCUT2D eigenvalue weighted by atomic mass is 9.85. The Bertz CT molecular complexity index is 562. The molecule has 0 unspecified atom stereocenters. The topological polar surface area (TPSA) is 23.8 Å². The van der Waals surface area contributed by atoms with Crippen molar-refractivity contribution < 1.29 is 0 Å². The molecule has 0 aliphatic carbocycles. The maximum Gasteiger partial charge on any atom is 0.0766 e. The summed E-state index contributed by atoms with van der Waals surface area (Å²) in [5, 5.41) is 9.18. The average molecular weight is 235 g/mol. The van der Waals surface area contributed by atoms with Crippen molar-refractivity contribution in [2.75, 3.05) is 0 Å². The first kappa shape index (κ1) is 12.4. The van der Waals surface area contributed by atoms with Gasteiger partial charge in [-0.15, -0.1) is 0 Å². The van der Waals surface area contributed by atoms with Crippen LogP contribution in [0.15, 0.2) is 54.6 Å². The summed E-state index contributed by atoms with van der Waals surface area (Å²) in [5.41, 5.74) is 3.21. The van der Waals surface area contributed by atoms with E-state index in [4.69, 9.17) is 0 Å². The van der Waals surface area contributed by atoms with Crippen LogP contribution in [-0.4, -0.2) is 0 Å². The molecular weight excluding hydrogens is 218 g/mol. The van der Waals surface area contributed by atoms with Crippen LogP contribution in [0.3, 0.4) is 0 Å². The van der Waals surface area contributed by atoms with Gasteiger partial charge in [0.05, 0.1) is 11.5 Å². The van der Waals surface area contributed by atoms with Gasteiger partial charge in [-0.1, -0.05) is 54.6 Å². The molecule has 1 nitrogen and oxygen atoms in total. The Morgan fingerprint density at radius 2 is 1.61 bits per heavy atom. The van der Waals surface area contributed by atoms with Crippen LogP contribution in [0.4, 0.5) is 0 Å². The van der Waals surface area contributed by atoms with Crippen LogP contribution < -0.4 is 0 Å². The standard InChI is InChI=1S/C17H17N/c1-17(2,13-18)16-10-6-9-15(12-16)11-14-7-4-3-5-8-14/h3-10,12H,11H2,1-2H3. The lowest BCUT2D eigenvalue weighted by Crippen LogP contribution is -2.13. The van der Waals surface area contributed by atoms with Gasteiger partial charge < -0.3 is 0 Å². The molecule has 1 heteroatoms. The van der Waals surface area contributed by atoms with E-state index in [2.05, 4.69) is 42.5 Å².